The highest BCUT2D eigenvalue weighted by atomic mass is 16.3. The molecule has 1 aromatic rings. The summed E-state index contributed by atoms with van der Waals surface area (Å²) in [6.45, 7) is 5.75. The predicted molar refractivity (Wildman–Crippen MR) is 75.0 cm³/mol. The van der Waals surface area contributed by atoms with Crippen LogP contribution in [0.4, 0.5) is 0 Å². The van der Waals surface area contributed by atoms with Crippen LogP contribution >= 0.6 is 0 Å². The highest BCUT2D eigenvalue weighted by Crippen LogP contribution is 2.17. The van der Waals surface area contributed by atoms with Crippen LogP contribution in [0.5, 0.6) is 0 Å². The minimum Gasteiger partial charge on any atom is -0.469 e. The molecular weight excluding hydrogens is 256 g/mol. The van der Waals surface area contributed by atoms with Gasteiger partial charge in [0, 0.05) is 18.5 Å². The van der Waals surface area contributed by atoms with Gasteiger partial charge in [-0.05, 0) is 39.3 Å². The van der Waals surface area contributed by atoms with E-state index in [0.717, 1.165) is 18.6 Å². The second kappa shape index (κ2) is 6.22. The van der Waals surface area contributed by atoms with Gasteiger partial charge in [-0.15, -0.1) is 0 Å². The number of carbonyl (C=O) groups excluding carboxylic acids is 2. The topological polar surface area (TPSA) is 62.6 Å². The third-order valence-electron chi connectivity index (χ3n) is 3.59. The van der Waals surface area contributed by atoms with Crippen LogP contribution in [0, 0.1) is 0 Å². The van der Waals surface area contributed by atoms with E-state index in [0.29, 0.717) is 0 Å². The fourth-order valence-corrected chi connectivity index (χ4v) is 2.56. The van der Waals surface area contributed by atoms with Crippen molar-refractivity contribution >= 4 is 11.8 Å². The Balaban J connectivity index is 1.84. The zero-order valence-corrected chi connectivity index (χ0v) is 12.3. The molecule has 2 heterocycles. The van der Waals surface area contributed by atoms with Crippen LogP contribution in [0.25, 0.3) is 0 Å². The van der Waals surface area contributed by atoms with Crippen LogP contribution < -0.4 is 5.32 Å². The van der Waals surface area contributed by atoms with Gasteiger partial charge in [0.15, 0.2) is 0 Å². The lowest BCUT2D eigenvalue weighted by atomic mass is 10.1. The van der Waals surface area contributed by atoms with Gasteiger partial charge in [0.1, 0.15) is 5.76 Å². The van der Waals surface area contributed by atoms with Crippen LogP contribution in [-0.2, 0) is 16.0 Å². The fourth-order valence-electron chi connectivity index (χ4n) is 2.56. The number of carbonyl (C=O) groups is 2. The number of amides is 2. The van der Waals surface area contributed by atoms with E-state index < -0.39 is 0 Å². The van der Waals surface area contributed by atoms with E-state index in [1.165, 1.54) is 4.90 Å². The van der Waals surface area contributed by atoms with Crippen molar-refractivity contribution in [1.82, 2.24) is 10.2 Å². The number of hydrogen-bond donors (Lipinski definition) is 1. The second-order valence-corrected chi connectivity index (χ2v) is 5.64. The Morgan fingerprint density at radius 2 is 2.15 bits per heavy atom. The van der Waals surface area contributed by atoms with Crippen molar-refractivity contribution in [3.8, 4) is 0 Å². The molecule has 1 N–H and O–H groups in total. The maximum absolute atomic E-state index is 12.1. The van der Waals surface area contributed by atoms with Gasteiger partial charge in [-0.3, -0.25) is 14.5 Å². The average molecular weight is 278 g/mol. The van der Waals surface area contributed by atoms with Crippen molar-refractivity contribution in [3.63, 3.8) is 0 Å². The molecule has 2 rings (SSSR count). The predicted octanol–water partition coefficient (Wildman–Crippen LogP) is 1.73. The zero-order chi connectivity index (χ0) is 14.7. The van der Waals surface area contributed by atoms with Crippen LogP contribution in [0.3, 0.4) is 0 Å². The highest BCUT2D eigenvalue weighted by molar-refractivity contribution is 6.05. The Morgan fingerprint density at radius 1 is 1.40 bits per heavy atom. The summed E-state index contributed by atoms with van der Waals surface area (Å²) in [5.74, 6) is 0.756. The fraction of sp³-hybridized carbons (Fsp3) is 0.600. The molecule has 0 saturated carbocycles. The standard InChI is InChI=1S/C15H22N2O3/c1-10(2)17-14(18)9-13(15(17)19)16-11(3)6-7-12-5-4-8-20-12/h4-5,8,10-11,13,16H,6-7,9H2,1-3H3. The van der Waals surface area contributed by atoms with Crippen molar-refractivity contribution in [3.05, 3.63) is 24.2 Å². The van der Waals surface area contributed by atoms with Gasteiger partial charge in [-0.2, -0.15) is 0 Å². The normalized spacial score (nSPS) is 21.0. The number of furan rings is 1. The summed E-state index contributed by atoms with van der Waals surface area (Å²) >= 11 is 0. The number of aryl methyl sites for hydroxylation is 1. The summed E-state index contributed by atoms with van der Waals surface area (Å²) in [7, 11) is 0. The van der Waals surface area contributed by atoms with E-state index in [1.54, 1.807) is 6.26 Å². The van der Waals surface area contributed by atoms with Gasteiger partial charge in [0.25, 0.3) is 0 Å². The summed E-state index contributed by atoms with van der Waals surface area (Å²) in [4.78, 5) is 25.3. The summed E-state index contributed by atoms with van der Waals surface area (Å²) in [6.07, 6.45) is 3.62. The smallest absolute Gasteiger partial charge is 0.247 e. The molecule has 1 aromatic heterocycles. The van der Waals surface area contributed by atoms with E-state index in [2.05, 4.69) is 5.32 Å². The Morgan fingerprint density at radius 3 is 2.70 bits per heavy atom. The van der Waals surface area contributed by atoms with Crippen LogP contribution in [0.1, 0.15) is 39.4 Å². The zero-order valence-electron chi connectivity index (χ0n) is 12.3. The van der Waals surface area contributed by atoms with Crippen molar-refractivity contribution in [1.29, 1.82) is 0 Å². The van der Waals surface area contributed by atoms with Gasteiger partial charge in [0.2, 0.25) is 11.8 Å². The molecular formula is C15H22N2O3. The molecule has 0 spiro atoms. The monoisotopic (exact) mass is 278 g/mol. The van der Waals surface area contributed by atoms with E-state index in [1.807, 2.05) is 32.9 Å². The Hall–Kier alpha value is -1.62. The molecule has 1 aliphatic rings. The number of nitrogens with zero attached hydrogens (tertiary/aromatic N) is 1. The van der Waals surface area contributed by atoms with Crippen LogP contribution in [-0.4, -0.2) is 34.8 Å². The molecule has 0 radical (unpaired) electrons. The van der Waals surface area contributed by atoms with E-state index in [9.17, 15) is 9.59 Å². The molecule has 110 valence electrons. The summed E-state index contributed by atoms with van der Waals surface area (Å²) in [5, 5.41) is 3.25. The minimum atomic E-state index is -0.378. The van der Waals surface area contributed by atoms with Crippen molar-refractivity contribution in [2.45, 2.75) is 58.2 Å². The molecule has 20 heavy (non-hydrogen) atoms. The Kier molecular flexibility index (Phi) is 4.60. The van der Waals surface area contributed by atoms with Gasteiger partial charge >= 0.3 is 0 Å². The molecule has 0 aromatic carbocycles. The van der Waals surface area contributed by atoms with Crippen LogP contribution in [0.2, 0.25) is 0 Å². The molecule has 2 atom stereocenters. The van der Waals surface area contributed by atoms with Crippen molar-refractivity contribution in [2.75, 3.05) is 0 Å². The lowest BCUT2D eigenvalue weighted by Gasteiger charge is -2.21. The first kappa shape index (κ1) is 14.8. The molecule has 0 aliphatic carbocycles. The minimum absolute atomic E-state index is 0.0692. The highest BCUT2D eigenvalue weighted by Gasteiger charge is 2.40. The van der Waals surface area contributed by atoms with Gasteiger partial charge < -0.3 is 9.73 Å². The first-order valence-corrected chi connectivity index (χ1v) is 7.13. The van der Waals surface area contributed by atoms with Gasteiger partial charge in [-0.25, -0.2) is 0 Å². The number of imide groups is 1. The summed E-state index contributed by atoms with van der Waals surface area (Å²) in [5.41, 5.74) is 0. The van der Waals surface area contributed by atoms with E-state index in [-0.39, 0.29) is 36.4 Å². The van der Waals surface area contributed by atoms with E-state index >= 15 is 0 Å². The number of likely N-dealkylation sites (tertiary alicyclic amines) is 1. The van der Waals surface area contributed by atoms with E-state index in [4.69, 9.17) is 4.42 Å². The maximum Gasteiger partial charge on any atom is 0.247 e. The largest absolute Gasteiger partial charge is 0.469 e. The maximum atomic E-state index is 12.1. The first-order chi connectivity index (χ1) is 9.49. The summed E-state index contributed by atoms with van der Waals surface area (Å²) < 4.78 is 5.28. The second-order valence-electron chi connectivity index (χ2n) is 5.64. The molecule has 1 fully saturated rings. The molecule has 2 unspecified atom stereocenters. The number of nitrogens with one attached hydrogen (secondary N) is 1. The SMILES string of the molecule is CC(CCc1ccco1)NC1CC(=O)N(C(C)C)C1=O. The molecule has 5 heteroatoms. The molecule has 1 aliphatic heterocycles. The molecule has 2 amide bonds. The Labute approximate surface area is 119 Å². The summed E-state index contributed by atoms with van der Waals surface area (Å²) in [6, 6.07) is 3.52. The number of rotatable bonds is 6. The molecule has 1 saturated heterocycles. The average Bonchev–Trinajstić information content (AvgIpc) is 2.96. The third-order valence-corrected chi connectivity index (χ3v) is 3.59. The first-order valence-electron chi connectivity index (χ1n) is 7.13. The lowest BCUT2D eigenvalue weighted by Crippen LogP contribution is -2.44. The van der Waals surface area contributed by atoms with Gasteiger partial charge in [0.05, 0.1) is 18.7 Å². The van der Waals surface area contributed by atoms with Crippen molar-refractivity contribution < 1.29 is 14.0 Å². The quantitative estimate of drug-likeness (QED) is 0.805. The molecule has 5 nitrogen and oxygen atoms in total. The lowest BCUT2D eigenvalue weighted by molar-refractivity contribution is -0.140. The van der Waals surface area contributed by atoms with Gasteiger partial charge in [-0.1, -0.05) is 0 Å². The van der Waals surface area contributed by atoms with Crippen LogP contribution in [0.15, 0.2) is 22.8 Å². The van der Waals surface area contributed by atoms with Crippen molar-refractivity contribution in [2.24, 2.45) is 0 Å². The molecule has 0 bridgehead atoms. The third kappa shape index (κ3) is 3.28. The number of hydrogen-bond acceptors (Lipinski definition) is 4. The Bertz CT molecular complexity index is 467.